The molecular formula is C18H18F3N5O4. The molecule has 0 saturated heterocycles. The fourth-order valence-electron chi connectivity index (χ4n) is 2.46. The lowest BCUT2D eigenvalue weighted by atomic mass is 10.2. The maximum absolute atomic E-state index is 12.6. The van der Waals surface area contributed by atoms with E-state index in [9.17, 15) is 18.0 Å². The van der Waals surface area contributed by atoms with Gasteiger partial charge >= 0.3 is 12.1 Å². The van der Waals surface area contributed by atoms with Gasteiger partial charge in [-0.05, 0) is 24.6 Å². The summed E-state index contributed by atoms with van der Waals surface area (Å²) in [7, 11) is 3.24. The molecule has 160 valence electrons. The second-order valence-corrected chi connectivity index (χ2v) is 6.50. The van der Waals surface area contributed by atoms with Gasteiger partial charge in [0, 0.05) is 32.1 Å². The highest BCUT2D eigenvalue weighted by molar-refractivity contribution is 5.91. The molecule has 0 fully saturated rings. The number of rotatable bonds is 7. The molecule has 3 aromatic rings. The summed E-state index contributed by atoms with van der Waals surface area (Å²) in [4.78, 5) is 16.5. The topological polar surface area (TPSA) is 121 Å². The molecule has 0 aliphatic rings. The minimum atomic E-state index is -4.72. The van der Waals surface area contributed by atoms with Gasteiger partial charge in [-0.3, -0.25) is 4.79 Å². The van der Waals surface area contributed by atoms with Crippen molar-refractivity contribution in [1.82, 2.24) is 20.2 Å². The Morgan fingerprint density at radius 2 is 1.97 bits per heavy atom. The zero-order chi connectivity index (χ0) is 21.9. The van der Waals surface area contributed by atoms with Crippen molar-refractivity contribution in [3.63, 3.8) is 0 Å². The largest absolute Gasteiger partial charge is 0.491 e. The van der Waals surface area contributed by atoms with Crippen LogP contribution in [0.25, 0.3) is 11.4 Å². The number of aromatic nitrogens is 3. The van der Waals surface area contributed by atoms with Crippen LogP contribution in [-0.2, 0) is 12.6 Å². The van der Waals surface area contributed by atoms with Gasteiger partial charge in [-0.2, -0.15) is 18.2 Å². The fraction of sp³-hybridized carbons (Fsp3) is 0.333. The van der Waals surface area contributed by atoms with Gasteiger partial charge in [0.15, 0.2) is 5.69 Å². The zero-order valence-electron chi connectivity index (χ0n) is 16.1. The Bertz CT molecular complexity index is 1030. The van der Waals surface area contributed by atoms with Crippen molar-refractivity contribution in [3.05, 3.63) is 41.6 Å². The number of nitrogen functional groups attached to an aromatic ring is 1. The van der Waals surface area contributed by atoms with Gasteiger partial charge in [-0.25, -0.2) is 0 Å². The molecular weight excluding hydrogens is 407 g/mol. The quantitative estimate of drug-likeness (QED) is 0.453. The molecule has 0 unspecified atom stereocenters. The van der Waals surface area contributed by atoms with Crippen LogP contribution < -0.4 is 10.5 Å². The monoisotopic (exact) mass is 425 g/mol. The van der Waals surface area contributed by atoms with Crippen molar-refractivity contribution >= 4 is 11.6 Å². The van der Waals surface area contributed by atoms with E-state index in [2.05, 4.69) is 19.8 Å². The molecule has 9 nitrogen and oxygen atoms in total. The summed E-state index contributed by atoms with van der Waals surface area (Å²) in [6.07, 6.45) is -3.66. The molecule has 12 heteroatoms. The molecule has 0 spiro atoms. The first-order chi connectivity index (χ1) is 14.1. The van der Waals surface area contributed by atoms with Gasteiger partial charge < -0.3 is 24.4 Å². The summed E-state index contributed by atoms with van der Waals surface area (Å²) in [6.45, 7) is 0.293. The maximum Gasteiger partial charge on any atom is 0.471 e. The summed E-state index contributed by atoms with van der Waals surface area (Å²) >= 11 is 0. The number of benzene rings is 1. The van der Waals surface area contributed by atoms with Crippen LogP contribution in [-0.4, -0.2) is 46.8 Å². The number of aryl methyl sites for hydroxylation is 1. The van der Waals surface area contributed by atoms with E-state index in [-0.39, 0.29) is 28.7 Å². The van der Waals surface area contributed by atoms with Gasteiger partial charge in [0.05, 0.1) is 12.3 Å². The summed E-state index contributed by atoms with van der Waals surface area (Å²) in [5, 5.41) is 7.04. The molecule has 0 atom stereocenters. The van der Waals surface area contributed by atoms with Crippen LogP contribution in [0.15, 0.2) is 33.3 Å². The van der Waals surface area contributed by atoms with Crippen molar-refractivity contribution in [3.8, 4) is 17.1 Å². The van der Waals surface area contributed by atoms with Crippen LogP contribution in [0.2, 0.25) is 0 Å². The first-order valence-electron chi connectivity index (χ1n) is 8.76. The van der Waals surface area contributed by atoms with E-state index >= 15 is 0 Å². The van der Waals surface area contributed by atoms with Crippen LogP contribution in [0, 0.1) is 0 Å². The van der Waals surface area contributed by atoms with E-state index in [0.717, 1.165) is 0 Å². The number of nitrogens with two attached hydrogens (primary N) is 1. The zero-order valence-corrected chi connectivity index (χ0v) is 16.1. The van der Waals surface area contributed by atoms with Gasteiger partial charge in [0.25, 0.3) is 5.91 Å². The minimum absolute atomic E-state index is 0.212. The summed E-state index contributed by atoms with van der Waals surface area (Å²) < 4.78 is 52.6. The van der Waals surface area contributed by atoms with Crippen LogP contribution >= 0.6 is 0 Å². The van der Waals surface area contributed by atoms with Crippen LogP contribution in [0.4, 0.5) is 18.9 Å². The van der Waals surface area contributed by atoms with E-state index in [1.807, 2.05) is 0 Å². The van der Waals surface area contributed by atoms with Crippen LogP contribution in [0.5, 0.6) is 5.75 Å². The maximum atomic E-state index is 12.6. The number of hydrogen-bond donors (Lipinski definition) is 1. The third-order valence-corrected chi connectivity index (χ3v) is 3.95. The molecule has 1 amide bonds. The Morgan fingerprint density at radius 3 is 2.60 bits per heavy atom. The Balaban J connectivity index is 1.54. The summed E-state index contributed by atoms with van der Waals surface area (Å²) in [5.74, 6) is -1.00. The van der Waals surface area contributed by atoms with Crippen LogP contribution in [0.3, 0.4) is 0 Å². The van der Waals surface area contributed by atoms with Crippen molar-refractivity contribution in [2.45, 2.75) is 19.0 Å². The molecule has 2 aromatic heterocycles. The highest BCUT2D eigenvalue weighted by Crippen LogP contribution is 2.31. The lowest BCUT2D eigenvalue weighted by Gasteiger charge is -2.09. The van der Waals surface area contributed by atoms with E-state index in [4.69, 9.17) is 15.0 Å². The Morgan fingerprint density at radius 1 is 1.20 bits per heavy atom. The van der Waals surface area contributed by atoms with Crippen LogP contribution in [0.1, 0.15) is 28.6 Å². The lowest BCUT2D eigenvalue weighted by molar-refractivity contribution is -0.159. The summed E-state index contributed by atoms with van der Waals surface area (Å²) in [5.41, 5.74) is 6.61. The molecule has 3 rings (SSSR count). The molecule has 2 N–H and O–H groups in total. The van der Waals surface area contributed by atoms with E-state index in [1.54, 1.807) is 20.2 Å². The highest BCUT2D eigenvalue weighted by atomic mass is 19.4. The number of ether oxygens (including phenoxy) is 1. The lowest BCUT2D eigenvalue weighted by Crippen LogP contribution is -2.21. The smallest absolute Gasteiger partial charge is 0.471 e. The number of halogens is 3. The fourth-order valence-corrected chi connectivity index (χ4v) is 2.46. The van der Waals surface area contributed by atoms with E-state index in [0.29, 0.717) is 31.0 Å². The van der Waals surface area contributed by atoms with Gasteiger partial charge in [0.1, 0.15) is 11.5 Å². The number of alkyl halides is 3. The van der Waals surface area contributed by atoms with Crippen molar-refractivity contribution in [2.24, 2.45) is 0 Å². The Labute approximate surface area is 168 Å². The average molecular weight is 425 g/mol. The standard InChI is InChI=1S/C18H18F3N5O4/c1-26(2)16(27)13-9-11(29-24-13)4-3-7-28-14-6-5-10(8-12(14)22)15-23-17(30-25-15)18(19,20)21/h5-6,8-9H,3-4,7,22H2,1-2H3. The van der Waals surface area contributed by atoms with Crippen molar-refractivity contribution in [2.75, 3.05) is 26.4 Å². The SMILES string of the molecule is CN(C)C(=O)c1cc(CCCOc2ccc(-c3noc(C(F)(F)F)n3)cc2N)on1. The first-order valence-corrected chi connectivity index (χ1v) is 8.76. The molecule has 2 heterocycles. The number of carbonyl (C=O) groups is 1. The first kappa shape index (κ1) is 21.1. The molecule has 1 aromatic carbocycles. The Kier molecular flexibility index (Phi) is 5.94. The normalized spacial score (nSPS) is 11.5. The second kappa shape index (κ2) is 8.43. The second-order valence-electron chi connectivity index (χ2n) is 6.50. The third-order valence-electron chi connectivity index (χ3n) is 3.95. The van der Waals surface area contributed by atoms with E-state index < -0.39 is 12.1 Å². The number of nitrogens with zero attached hydrogens (tertiary/aromatic N) is 4. The minimum Gasteiger partial charge on any atom is -0.491 e. The van der Waals surface area contributed by atoms with E-state index in [1.165, 1.54) is 23.1 Å². The number of hydrogen-bond acceptors (Lipinski definition) is 8. The predicted molar refractivity (Wildman–Crippen MR) is 97.5 cm³/mol. The number of carbonyl (C=O) groups excluding carboxylic acids is 1. The number of anilines is 1. The number of amides is 1. The highest BCUT2D eigenvalue weighted by Gasteiger charge is 2.38. The van der Waals surface area contributed by atoms with Gasteiger partial charge in [0.2, 0.25) is 5.82 Å². The molecule has 30 heavy (non-hydrogen) atoms. The summed E-state index contributed by atoms with van der Waals surface area (Å²) in [6, 6.07) is 5.96. The van der Waals surface area contributed by atoms with Crippen molar-refractivity contribution in [1.29, 1.82) is 0 Å². The third kappa shape index (κ3) is 4.88. The van der Waals surface area contributed by atoms with Gasteiger partial charge in [-0.1, -0.05) is 10.3 Å². The average Bonchev–Trinajstić information content (AvgIpc) is 3.35. The molecule has 0 bridgehead atoms. The molecule has 0 radical (unpaired) electrons. The predicted octanol–water partition coefficient (Wildman–Crippen LogP) is 3.04. The van der Waals surface area contributed by atoms with Crippen molar-refractivity contribution < 1.29 is 31.7 Å². The molecule has 0 aliphatic heterocycles. The molecule has 0 aliphatic carbocycles. The van der Waals surface area contributed by atoms with Gasteiger partial charge in [-0.15, -0.1) is 0 Å². The molecule has 0 saturated carbocycles. The Hall–Kier alpha value is -3.57.